The highest BCUT2D eigenvalue weighted by Gasteiger charge is 2.23. The highest BCUT2D eigenvalue weighted by molar-refractivity contribution is 6.21. The van der Waals surface area contributed by atoms with Crippen molar-refractivity contribution >= 4 is 23.2 Å². The summed E-state index contributed by atoms with van der Waals surface area (Å²) in [5.74, 6) is 0.700. The van der Waals surface area contributed by atoms with Crippen molar-refractivity contribution in [1.82, 2.24) is 10.2 Å². The van der Waals surface area contributed by atoms with Crippen LogP contribution in [0.1, 0.15) is 13.3 Å². The van der Waals surface area contributed by atoms with E-state index in [1.165, 1.54) is 0 Å². The van der Waals surface area contributed by atoms with Crippen molar-refractivity contribution in [3.8, 4) is 0 Å². The molecule has 1 aliphatic heterocycles. The van der Waals surface area contributed by atoms with Gasteiger partial charge in [-0.1, -0.05) is 0 Å². The van der Waals surface area contributed by atoms with Crippen molar-refractivity contribution in [3.05, 3.63) is 0 Å². The van der Waals surface area contributed by atoms with Gasteiger partial charge in [0.05, 0.1) is 0 Å². The fraction of sp³-hybridized carbons (Fsp3) is 1.00. The van der Waals surface area contributed by atoms with Gasteiger partial charge in [-0.2, -0.15) is 0 Å². The van der Waals surface area contributed by atoms with Crippen molar-refractivity contribution in [3.63, 3.8) is 0 Å². The molecule has 4 heteroatoms. The molecule has 1 aliphatic rings. The molecule has 0 aromatic carbocycles. The molecule has 0 aromatic rings. The Morgan fingerprint density at radius 3 is 2.46 bits per heavy atom. The molecule has 0 radical (unpaired) electrons. The Labute approximate surface area is 90.6 Å². The molecule has 0 amide bonds. The van der Waals surface area contributed by atoms with E-state index >= 15 is 0 Å². The van der Waals surface area contributed by atoms with Gasteiger partial charge in [0.1, 0.15) is 0 Å². The zero-order chi connectivity index (χ0) is 9.68. The van der Waals surface area contributed by atoms with E-state index in [1.807, 2.05) is 0 Å². The molecule has 2 nitrogen and oxygen atoms in total. The molecular formula is C9H18Cl2N2. The van der Waals surface area contributed by atoms with Crippen LogP contribution in [0.5, 0.6) is 0 Å². The second-order valence-electron chi connectivity index (χ2n) is 3.51. The Morgan fingerprint density at radius 1 is 1.38 bits per heavy atom. The van der Waals surface area contributed by atoms with Crippen molar-refractivity contribution in [1.29, 1.82) is 0 Å². The zero-order valence-corrected chi connectivity index (χ0v) is 9.61. The first kappa shape index (κ1) is 11.6. The van der Waals surface area contributed by atoms with Crippen LogP contribution in [0, 0.1) is 0 Å². The van der Waals surface area contributed by atoms with Crippen LogP contribution < -0.4 is 5.32 Å². The average molecular weight is 225 g/mol. The zero-order valence-electron chi connectivity index (χ0n) is 8.10. The molecule has 1 saturated heterocycles. The summed E-state index contributed by atoms with van der Waals surface area (Å²) in [4.78, 5) is 2.44. The third kappa shape index (κ3) is 3.62. The van der Waals surface area contributed by atoms with Crippen LogP contribution in [-0.4, -0.2) is 48.4 Å². The minimum atomic E-state index is 0.192. The summed E-state index contributed by atoms with van der Waals surface area (Å²) < 4.78 is 0. The van der Waals surface area contributed by atoms with Gasteiger partial charge in [-0.05, 0) is 13.3 Å². The molecule has 0 spiro atoms. The molecule has 13 heavy (non-hydrogen) atoms. The van der Waals surface area contributed by atoms with E-state index in [0.717, 1.165) is 32.6 Å². The molecule has 78 valence electrons. The Balaban J connectivity index is 2.41. The topological polar surface area (TPSA) is 15.3 Å². The lowest BCUT2D eigenvalue weighted by Crippen LogP contribution is -2.51. The van der Waals surface area contributed by atoms with Gasteiger partial charge in [0.15, 0.2) is 0 Å². The van der Waals surface area contributed by atoms with Crippen LogP contribution in [0.4, 0.5) is 0 Å². The monoisotopic (exact) mass is 224 g/mol. The van der Waals surface area contributed by atoms with Gasteiger partial charge in [-0.15, -0.1) is 23.2 Å². The maximum Gasteiger partial charge on any atom is 0.0463 e. The van der Waals surface area contributed by atoms with Crippen molar-refractivity contribution < 1.29 is 0 Å². The van der Waals surface area contributed by atoms with Gasteiger partial charge in [0, 0.05) is 43.5 Å². The number of rotatable bonds is 4. The van der Waals surface area contributed by atoms with E-state index in [4.69, 9.17) is 23.2 Å². The second-order valence-corrected chi connectivity index (χ2v) is 4.57. The van der Waals surface area contributed by atoms with Gasteiger partial charge < -0.3 is 5.32 Å². The van der Waals surface area contributed by atoms with Gasteiger partial charge in [0.2, 0.25) is 0 Å². The third-order valence-electron chi connectivity index (χ3n) is 2.56. The van der Waals surface area contributed by atoms with E-state index in [1.54, 1.807) is 0 Å². The Morgan fingerprint density at radius 2 is 2.00 bits per heavy atom. The molecule has 1 fully saturated rings. The van der Waals surface area contributed by atoms with Crippen LogP contribution in [0.3, 0.4) is 0 Å². The lowest BCUT2D eigenvalue weighted by Gasteiger charge is -2.36. The third-order valence-corrected chi connectivity index (χ3v) is 3.06. The molecular weight excluding hydrogens is 207 g/mol. The summed E-state index contributed by atoms with van der Waals surface area (Å²) in [6.07, 6.45) is 0.992. The quantitative estimate of drug-likeness (QED) is 0.730. The first-order valence-electron chi connectivity index (χ1n) is 4.90. The van der Waals surface area contributed by atoms with E-state index in [2.05, 4.69) is 17.1 Å². The highest BCUT2D eigenvalue weighted by Crippen LogP contribution is 2.15. The molecule has 1 heterocycles. The Bertz CT molecular complexity index is 136. The maximum atomic E-state index is 6.14. The minimum Gasteiger partial charge on any atom is -0.314 e. The summed E-state index contributed by atoms with van der Waals surface area (Å²) in [7, 11) is 0. The number of hydrogen-bond donors (Lipinski definition) is 1. The lowest BCUT2D eigenvalue weighted by atomic mass is 10.1. The molecule has 0 aliphatic carbocycles. The normalized spacial score (nSPS) is 24.2. The van der Waals surface area contributed by atoms with E-state index in [-0.39, 0.29) is 5.38 Å². The van der Waals surface area contributed by atoms with Crippen molar-refractivity contribution in [2.24, 2.45) is 0 Å². The molecule has 2 atom stereocenters. The standard InChI is InChI=1S/C9H18Cl2N2/c1-8(11)9(2-3-10)13-6-4-12-5-7-13/h8-9,12H,2-7H2,1H3. The summed E-state index contributed by atoms with van der Waals surface area (Å²) >= 11 is 11.9. The number of nitrogens with one attached hydrogen (secondary N) is 1. The SMILES string of the molecule is CC(Cl)C(CCCl)N1CCNCC1. The molecule has 0 saturated carbocycles. The molecule has 1 rings (SSSR count). The predicted molar refractivity (Wildman–Crippen MR) is 58.9 cm³/mol. The summed E-state index contributed by atoms with van der Waals surface area (Å²) in [5, 5.41) is 3.52. The van der Waals surface area contributed by atoms with Crippen LogP contribution in [0.25, 0.3) is 0 Å². The van der Waals surface area contributed by atoms with Crippen LogP contribution in [0.2, 0.25) is 0 Å². The highest BCUT2D eigenvalue weighted by atomic mass is 35.5. The van der Waals surface area contributed by atoms with Gasteiger partial charge in [-0.25, -0.2) is 0 Å². The number of hydrogen-bond acceptors (Lipinski definition) is 2. The van der Waals surface area contributed by atoms with Crippen molar-refractivity contribution in [2.75, 3.05) is 32.1 Å². The van der Waals surface area contributed by atoms with Gasteiger partial charge in [-0.3, -0.25) is 4.90 Å². The fourth-order valence-electron chi connectivity index (χ4n) is 1.83. The smallest absolute Gasteiger partial charge is 0.0463 e. The predicted octanol–water partition coefficient (Wildman–Crippen LogP) is 1.52. The molecule has 0 bridgehead atoms. The maximum absolute atomic E-state index is 6.14. The first-order chi connectivity index (χ1) is 6.25. The van der Waals surface area contributed by atoms with E-state index in [0.29, 0.717) is 11.9 Å². The Kier molecular flexibility index (Phi) is 5.41. The number of halogens is 2. The second kappa shape index (κ2) is 6.07. The van der Waals surface area contributed by atoms with Crippen molar-refractivity contribution in [2.45, 2.75) is 24.8 Å². The molecule has 0 aromatic heterocycles. The van der Waals surface area contributed by atoms with Gasteiger partial charge in [0.25, 0.3) is 0 Å². The fourth-order valence-corrected chi connectivity index (χ4v) is 2.34. The number of alkyl halides is 2. The minimum absolute atomic E-state index is 0.192. The van der Waals surface area contributed by atoms with E-state index < -0.39 is 0 Å². The number of piperazine rings is 1. The summed E-state index contributed by atoms with van der Waals surface area (Å²) in [6.45, 7) is 6.39. The lowest BCUT2D eigenvalue weighted by molar-refractivity contribution is 0.167. The number of nitrogens with zero attached hydrogens (tertiary/aromatic N) is 1. The van der Waals surface area contributed by atoms with Gasteiger partial charge >= 0.3 is 0 Å². The van der Waals surface area contributed by atoms with Crippen LogP contribution in [-0.2, 0) is 0 Å². The van der Waals surface area contributed by atoms with E-state index in [9.17, 15) is 0 Å². The largest absolute Gasteiger partial charge is 0.314 e. The summed E-state index contributed by atoms with van der Waals surface area (Å²) in [5.41, 5.74) is 0. The van der Waals surface area contributed by atoms with Crippen LogP contribution in [0.15, 0.2) is 0 Å². The molecule has 2 unspecified atom stereocenters. The first-order valence-corrected chi connectivity index (χ1v) is 5.87. The molecule has 1 N–H and O–H groups in total. The van der Waals surface area contributed by atoms with Crippen LogP contribution >= 0.6 is 23.2 Å². The summed E-state index contributed by atoms with van der Waals surface area (Å²) in [6, 6.07) is 0.446. The average Bonchev–Trinajstić information content (AvgIpc) is 2.15. The Hall–Kier alpha value is 0.500.